The van der Waals surface area contributed by atoms with Gasteiger partial charge in [-0.15, -0.1) is 0 Å². The highest BCUT2D eigenvalue weighted by Crippen LogP contribution is 2.26. The molecule has 0 heterocycles. The van der Waals surface area contributed by atoms with E-state index in [1.165, 1.54) is 19.3 Å². The van der Waals surface area contributed by atoms with E-state index in [0.29, 0.717) is 0 Å². The van der Waals surface area contributed by atoms with Gasteiger partial charge in [0.05, 0.1) is 13.2 Å². The fraction of sp³-hybridized carbons (Fsp3) is 0.625. The van der Waals surface area contributed by atoms with Gasteiger partial charge in [-0.25, -0.2) is 0 Å². The van der Waals surface area contributed by atoms with Crippen molar-refractivity contribution in [2.45, 2.75) is 39.0 Å². The molecule has 1 N–H and O–H groups in total. The van der Waals surface area contributed by atoms with Crippen molar-refractivity contribution in [2.75, 3.05) is 26.8 Å². The smallest absolute Gasteiger partial charge is 0.161 e. The van der Waals surface area contributed by atoms with Crippen molar-refractivity contribution in [3.63, 3.8) is 0 Å². The van der Waals surface area contributed by atoms with E-state index in [2.05, 4.69) is 12.2 Å². The number of hydrogen-bond acceptors (Lipinski definition) is 3. The van der Waals surface area contributed by atoms with Crippen LogP contribution in [0.4, 0.5) is 0 Å². The minimum atomic E-state index is 0.740. The highest BCUT2D eigenvalue weighted by atomic mass is 16.5. The summed E-state index contributed by atoms with van der Waals surface area (Å²) in [6, 6.07) is 7.92. The maximum Gasteiger partial charge on any atom is 0.161 e. The van der Waals surface area contributed by atoms with E-state index in [0.717, 1.165) is 44.1 Å². The van der Waals surface area contributed by atoms with Crippen molar-refractivity contribution >= 4 is 0 Å². The van der Waals surface area contributed by atoms with Gasteiger partial charge in [0.25, 0.3) is 0 Å². The van der Waals surface area contributed by atoms with Gasteiger partial charge in [-0.3, -0.25) is 0 Å². The van der Waals surface area contributed by atoms with E-state index in [9.17, 15) is 0 Å². The molecule has 0 aliphatic carbocycles. The van der Waals surface area contributed by atoms with Gasteiger partial charge in [0.2, 0.25) is 0 Å². The van der Waals surface area contributed by atoms with E-state index in [-0.39, 0.29) is 0 Å². The van der Waals surface area contributed by atoms with Crippen LogP contribution >= 0.6 is 0 Å². The molecule has 0 amide bonds. The molecular weight excluding hydrogens is 238 g/mol. The molecule has 0 atom stereocenters. The fourth-order valence-corrected chi connectivity index (χ4v) is 1.84. The molecule has 1 rings (SSSR count). The fourth-order valence-electron chi connectivity index (χ4n) is 1.84. The molecular formula is C16H27NO2. The minimum Gasteiger partial charge on any atom is -0.490 e. The van der Waals surface area contributed by atoms with Gasteiger partial charge in [-0.2, -0.15) is 0 Å². The maximum atomic E-state index is 5.80. The Morgan fingerprint density at radius 1 is 0.895 bits per heavy atom. The Labute approximate surface area is 117 Å². The van der Waals surface area contributed by atoms with Crippen molar-refractivity contribution in [3.05, 3.63) is 24.3 Å². The molecule has 0 aliphatic rings. The van der Waals surface area contributed by atoms with Gasteiger partial charge in [-0.1, -0.05) is 31.9 Å². The summed E-state index contributed by atoms with van der Waals surface area (Å²) < 4.78 is 11.5. The molecule has 108 valence electrons. The van der Waals surface area contributed by atoms with Crippen molar-refractivity contribution in [2.24, 2.45) is 0 Å². The minimum absolute atomic E-state index is 0.740. The molecule has 0 unspecified atom stereocenters. The normalized spacial score (nSPS) is 10.4. The molecule has 0 saturated heterocycles. The third kappa shape index (κ3) is 7.06. The summed E-state index contributed by atoms with van der Waals surface area (Å²) in [6.07, 6.45) is 5.84. The average molecular weight is 265 g/mol. The van der Waals surface area contributed by atoms with E-state index in [1.807, 2.05) is 31.3 Å². The quantitative estimate of drug-likeness (QED) is 0.620. The van der Waals surface area contributed by atoms with Crippen LogP contribution in [0.1, 0.15) is 39.0 Å². The molecule has 3 heteroatoms. The summed E-state index contributed by atoms with van der Waals surface area (Å²) in [6.45, 7) is 4.72. The van der Waals surface area contributed by atoms with Gasteiger partial charge in [0, 0.05) is 0 Å². The largest absolute Gasteiger partial charge is 0.490 e. The zero-order chi connectivity index (χ0) is 13.8. The van der Waals surface area contributed by atoms with Crippen LogP contribution < -0.4 is 14.8 Å². The number of ether oxygens (including phenoxy) is 2. The Morgan fingerprint density at radius 2 is 1.53 bits per heavy atom. The summed E-state index contributed by atoms with van der Waals surface area (Å²) in [5, 5.41) is 3.16. The Morgan fingerprint density at radius 3 is 2.16 bits per heavy atom. The van der Waals surface area contributed by atoms with Crippen molar-refractivity contribution in [1.82, 2.24) is 5.32 Å². The number of nitrogens with one attached hydrogen (secondary N) is 1. The van der Waals surface area contributed by atoms with Crippen LogP contribution in [-0.4, -0.2) is 26.8 Å². The van der Waals surface area contributed by atoms with E-state index in [1.54, 1.807) is 0 Å². The lowest BCUT2D eigenvalue weighted by atomic mass is 10.2. The molecule has 1 aromatic carbocycles. The maximum absolute atomic E-state index is 5.80. The van der Waals surface area contributed by atoms with Crippen LogP contribution in [0.5, 0.6) is 11.5 Å². The van der Waals surface area contributed by atoms with E-state index < -0.39 is 0 Å². The van der Waals surface area contributed by atoms with Crippen LogP contribution in [0.2, 0.25) is 0 Å². The lowest BCUT2D eigenvalue weighted by Gasteiger charge is -2.12. The first kappa shape index (κ1) is 15.8. The summed E-state index contributed by atoms with van der Waals surface area (Å²) in [5.74, 6) is 1.73. The lowest BCUT2D eigenvalue weighted by molar-refractivity contribution is 0.263. The first-order valence-corrected chi connectivity index (χ1v) is 7.37. The van der Waals surface area contributed by atoms with Gasteiger partial charge < -0.3 is 14.8 Å². The number of hydrogen-bond donors (Lipinski definition) is 1. The molecule has 0 radical (unpaired) electrons. The number of unbranched alkanes of at least 4 members (excludes halogenated alkanes) is 3. The SMILES string of the molecule is CCCOc1ccccc1OCCCCCCNC. The first-order chi connectivity index (χ1) is 9.38. The lowest BCUT2D eigenvalue weighted by Crippen LogP contribution is -2.07. The second kappa shape index (κ2) is 10.7. The molecule has 0 fully saturated rings. The van der Waals surface area contributed by atoms with Crippen molar-refractivity contribution in [1.29, 1.82) is 0 Å². The third-order valence-electron chi connectivity index (χ3n) is 2.89. The molecule has 0 bridgehead atoms. The van der Waals surface area contributed by atoms with Crippen LogP contribution in [0, 0.1) is 0 Å². The summed E-state index contributed by atoms with van der Waals surface area (Å²) in [4.78, 5) is 0. The second-order valence-corrected chi connectivity index (χ2v) is 4.66. The molecule has 3 nitrogen and oxygen atoms in total. The molecule has 0 saturated carbocycles. The summed E-state index contributed by atoms with van der Waals surface area (Å²) >= 11 is 0. The number of para-hydroxylation sites is 2. The highest BCUT2D eigenvalue weighted by Gasteiger charge is 2.03. The third-order valence-corrected chi connectivity index (χ3v) is 2.89. The standard InChI is InChI=1S/C16H27NO2/c1-3-13-18-15-10-6-7-11-16(15)19-14-9-5-4-8-12-17-2/h6-7,10-11,17H,3-5,8-9,12-14H2,1-2H3. The van der Waals surface area contributed by atoms with E-state index >= 15 is 0 Å². The Kier molecular flexibility index (Phi) is 8.90. The molecule has 1 aromatic rings. The number of benzene rings is 1. The van der Waals surface area contributed by atoms with Crippen molar-refractivity contribution in [3.8, 4) is 11.5 Å². The van der Waals surface area contributed by atoms with Gasteiger partial charge in [-0.05, 0) is 45.0 Å². The van der Waals surface area contributed by atoms with Crippen molar-refractivity contribution < 1.29 is 9.47 Å². The molecule has 0 spiro atoms. The Balaban J connectivity index is 2.21. The first-order valence-electron chi connectivity index (χ1n) is 7.37. The van der Waals surface area contributed by atoms with Gasteiger partial charge >= 0.3 is 0 Å². The Hall–Kier alpha value is -1.22. The molecule has 0 aromatic heterocycles. The van der Waals surface area contributed by atoms with Crippen LogP contribution in [0.3, 0.4) is 0 Å². The van der Waals surface area contributed by atoms with Crippen LogP contribution in [0.15, 0.2) is 24.3 Å². The number of rotatable bonds is 11. The highest BCUT2D eigenvalue weighted by molar-refractivity contribution is 5.39. The van der Waals surface area contributed by atoms with Gasteiger partial charge in [0.1, 0.15) is 0 Å². The summed E-state index contributed by atoms with van der Waals surface area (Å²) in [5.41, 5.74) is 0. The zero-order valence-corrected chi connectivity index (χ0v) is 12.3. The summed E-state index contributed by atoms with van der Waals surface area (Å²) in [7, 11) is 2.00. The van der Waals surface area contributed by atoms with Gasteiger partial charge in [0.15, 0.2) is 11.5 Å². The molecule has 0 aliphatic heterocycles. The second-order valence-electron chi connectivity index (χ2n) is 4.66. The average Bonchev–Trinajstić information content (AvgIpc) is 2.45. The monoisotopic (exact) mass is 265 g/mol. The predicted octanol–water partition coefficient (Wildman–Crippen LogP) is 3.63. The molecule has 19 heavy (non-hydrogen) atoms. The predicted molar refractivity (Wildman–Crippen MR) is 80.1 cm³/mol. The van der Waals surface area contributed by atoms with E-state index in [4.69, 9.17) is 9.47 Å². The van der Waals surface area contributed by atoms with Crippen LogP contribution in [0.25, 0.3) is 0 Å². The zero-order valence-electron chi connectivity index (χ0n) is 12.3. The topological polar surface area (TPSA) is 30.5 Å². The van der Waals surface area contributed by atoms with Crippen LogP contribution in [-0.2, 0) is 0 Å². The Bertz CT molecular complexity index is 328.